The molecule has 0 aliphatic rings. The molecule has 3 N–H and O–H groups in total. The number of hydrogen-bond donors (Lipinski definition) is 2. The van der Waals surface area contributed by atoms with Gasteiger partial charge in [-0.25, -0.2) is 0 Å². The summed E-state index contributed by atoms with van der Waals surface area (Å²) in [5, 5.41) is 9.47. The van der Waals surface area contributed by atoms with Gasteiger partial charge in [0.05, 0.1) is 6.10 Å². The zero-order valence-corrected chi connectivity index (χ0v) is 8.87. The minimum atomic E-state index is -0.360. The molecule has 0 aromatic carbocycles. The molecule has 1 heterocycles. The van der Waals surface area contributed by atoms with Gasteiger partial charge < -0.3 is 10.8 Å². The second-order valence-electron chi connectivity index (χ2n) is 2.95. The van der Waals surface area contributed by atoms with E-state index in [0.29, 0.717) is 19.4 Å². The third kappa shape index (κ3) is 3.85. The summed E-state index contributed by atoms with van der Waals surface area (Å²) in [6.45, 7) is 0.516. The summed E-state index contributed by atoms with van der Waals surface area (Å²) >= 11 is 3.32. The van der Waals surface area contributed by atoms with E-state index in [2.05, 4.69) is 20.9 Å². The first kappa shape index (κ1) is 10.6. The number of rotatable bonds is 4. The van der Waals surface area contributed by atoms with Crippen molar-refractivity contribution in [3.05, 3.63) is 28.5 Å². The molecule has 0 spiro atoms. The number of aliphatic hydroxyl groups is 1. The van der Waals surface area contributed by atoms with Crippen LogP contribution in [0.3, 0.4) is 0 Å². The Morgan fingerprint density at radius 3 is 2.92 bits per heavy atom. The maximum atomic E-state index is 9.47. The van der Waals surface area contributed by atoms with Gasteiger partial charge in [-0.05, 0) is 46.9 Å². The summed E-state index contributed by atoms with van der Waals surface area (Å²) < 4.78 is 0.935. The van der Waals surface area contributed by atoms with E-state index in [-0.39, 0.29) is 6.10 Å². The van der Waals surface area contributed by atoms with Crippen molar-refractivity contribution >= 4 is 15.9 Å². The van der Waals surface area contributed by atoms with Gasteiger partial charge in [-0.3, -0.25) is 4.98 Å². The van der Waals surface area contributed by atoms with Gasteiger partial charge in [0, 0.05) is 16.9 Å². The topological polar surface area (TPSA) is 59.1 Å². The normalized spacial score (nSPS) is 12.8. The Labute approximate surface area is 86.1 Å². The standard InChI is InChI=1S/C9H13BrN2O/c10-8-3-7(5-12-6-8)4-9(13)1-2-11/h3,5-6,9,13H,1-2,4,11H2. The van der Waals surface area contributed by atoms with Gasteiger partial charge in [0.2, 0.25) is 0 Å². The van der Waals surface area contributed by atoms with Crippen LogP contribution >= 0.6 is 15.9 Å². The predicted octanol–water partition coefficient (Wildman–Crippen LogP) is 1.10. The van der Waals surface area contributed by atoms with Gasteiger partial charge in [-0.2, -0.15) is 0 Å². The lowest BCUT2D eigenvalue weighted by molar-refractivity contribution is 0.167. The van der Waals surface area contributed by atoms with Crippen molar-refractivity contribution in [3.63, 3.8) is 0 Å². The zero-order chi connectivity index (χ0) is 9.68. The average Bonchev–Trinajstić information content (AvgIpc) is 2.04. The smallest absolute Gasteiger partial charge is 0.0593 e. The van der Waals surface area contributed by atoms with Crippen molar-refractivity contribution in [1.29, 1.82) is 0 Å². The molecule has 1 aromatic heterocycles. The Kier molecular flexibility index (Phi) is 4.35. The molecule has 0 bridgehead atoms. The van der Waals surface area contributed by atoms with E-state index in [9.17, 15) is 5.11 Å². The average molecular weight is 245 g/mol. The Bertz CT molecular complexity index is 268. The molecule has 1 rings (SSSR count). The molecule has 72 valence electrons. The van der Waals surface area contributed by atoms with E-state index in [0.717, 1.165) is 10.0 Å². The van der Waals surface area contributed by atoms with Crippen LogP contribution in [-0.2, 0) is 6.42 Å². The fourth-order valence-corrected chi connectivity index (χ4v) is 1.55. The highest BCUT2D eigenvalue weighted by atomic mass is 79.9. The van der Waals surface area contributed by atoms with Crippen LogP contribution < -0.4 is 5.73 Å². The first-order valence-electron chi connectivity index (χ1n) is 4.20. The molecule has 1 atom stereocenters. The van der Waals surface area contributed by atoms with Crippen LogP contribution in [0.15, 0.2) is 22.9 Å². The minimum absolute atomic E-state index is 0.360. The molecule has 0 aliphatic heterocycles. The molecular formula is C9H13BrN2O. The minimum Gasteiger partial charge on any atom is -0.393 e. The number of aliphatic hydroxyl groups excluding tert-OH is 1. The van der Waals surface area contributed by atoms with E-state index in [1.54, 1.807) is 12.4 Å². The molecular weight excluding hydrogens is 232 g/mol. The molecule has 1 unspecified atom stereocenters. The van der Waals surface area contributed by atoms with Crippen LogP contribution in [0.4, 0.5) is 0 Å². The first-order valence-corrected chi connectivity index (χ1v) is 4.99. The van der Waals surface area contributed by atoms with E-state index in [1.165, 1.54) is 0 Å². The van der Waals surface area contributed by atoms with Crippen LogP contribution in [0, 0.1) is 0 Å². The quantitative estimate of drug-likeness (QED) is 0.834. The summed E-state index contributed by atoms with van der Waals surface area (Å²) in [6, 6.07) is 1.95. The summed E-state index contributed by atoms with van der Waals surface area (Å²) in [5.74, 6) is 0. The first-order chi connectivity index (χ1) is 6.22. The van der Waals surface area contributed by atoms with Crippen molar-refractivity contribution in [2.24, 2.45) is 5.73 Å². The number of halogens is 1. The predicted molar refractivity (Wildman–Crippen MR) is 55.3 cm³/mol. The van der Waals surface area contributed by atoms with E-state index >= 15 is 0 Å². The van der Waals surface area contributed by atoms with Gasteiger partial charge in [-0.15, -0.1) is 0 Å². The van der Waals surface area contributed by atoms with Crippen LogP contribution in [0.2, 0.25) is 0 Å². The molecule has 0 fully saturated rings. The highest BCUT2D eigenvalue weighted by Gasteiger charge is 2.04. The Hall–Kier alpha value is -0.450. The van der Waals surface area contributed by atoms with Crippen LogP contribution in [0.25, 0.3) is 0 Å². The Balaban J connectivity index is 2.53. The third-order valence-corrected chi connectivity index (χ3v) is 2.17. The van der Waals surface area contributed by atoms with Crippen LogP contribution in [-0.4, -0.2) is 22.7 Å². The monoisotopic (exact) mass is 244 g/mol. The number of pyridine rings is 1. The molecule has 0 radical (unpaired) electrons. The lowest BCUT2D eigenvalue weighted by atomic mass is 10.1. The van der Waals surface area contributed by atoms with Gasteiger partial charge in [0.1, 0.15) is 0 Å². The van der Waals surface area contributed by atoms with E-state index < -0.39 is 0 Å². The second kappa shape index (κ2) is 5.32. The SMILES string of the molecule is NCCC(O)Cc1cncc(Br)c1. The van der Waals surface area contributed by atoms with E-state index in [4.69, 9.17) is 5.73 Å². The third-order valence-electron chi connectivity index (χ3n) is 1.73. The van der Waals surface area contributed by atoms with Crippen molar-refractivity contribution in [2.45, 2.75) is 18.9 Å². The van der Waals surface area contributed by atoms with Crippen LogP contribution in [0.1, 0.15) is 12.0 Å². The molecule has 13 heavy (non-hydrogen) atoms. The largest absolute Gasteiger partial charge is 0.393 e. The molecule has 4 heteroatoms. The summed E-state index contributed by atoms with van der Waals surface area (Å²) in [5.41, 5.74) is 6.35. The molecule has 1 aromatic rings. The van der Waals surface area contributed by atoms with Gasteiger partial charge in [-0.1, -0.05) is 0 Å². The van der Waals surface area contributed by atoms with Crippen molar-refractivity contribution in [1.82, 2.24) is 4.98 Å². The fraction of sp³-hybridized carbons (Fsp3) is 0.444. The maximum Gasteiger partial charge on any atom is 0.0593 e. The maximum absolute atomic E-state index is 9.47. The van der Waals surface area contributed by atoms with E-state index in [1.807, 2.05) is 6.07 Å². The summed E-state index contributed by atoms with van der Waals surface area (Å²) in [6.07, 6.45) is 4.36. The lowest BCUT2D eigenvalue weighted by Gasteiger charge is -2.08. The fourth-order valence-electron chi connectivity index (χ4n) is 1.13. The molecule has 0 saturated heterocycles. The van der Waals surface area contributed by atoms with Gasteiger partial charge >= 0.3 is 0 Å². The summed E-state index contributed by atoms with van der Waals surface area (Å²) in [4.78, 5) is 4.01. The van der Waals surface area contributed by atoms with Crippen LogP contribution in [0.5, 0.6) is 0 Å². The highest BCUT2D eigenvalue weighted by Crippen LogP contribution is 2.11. The molecule has 0 aliphatic carbocycles. The second-order valence-corrected chi connectivity index (χ2v) is 3.86. The van der Waals surface area contributed by atoms with Crippen molar-refractivity contribution < 1.29 is 5.11 Å². The van der Waals surface area contributed by atoms with Crippen molar-refractivity contribution in [2.75, 3.05) is 6.54 Å². The zero-order valence-electron chi connectivity index (χ0n) is 7.28. The molecule has 0 saturated carbocycles. The Morgan fingerprint density at radius 2 is 2.31 bits per heavy atom. The van der Waals surface area contributed by atoms with Crippen molar-refractivity contribution in [3.8, 4) is 0 Å². The van der Waals surface area contributed by atoms with Gasteiger partial charge in [0.15, 0.2) is 0 Å². The Morgan fingerprint density at radius 1 is 1.54 bits per heavy atom. The summed E-state index contributed by atoms with van der Waals surface area (Å²) in [7, 11) is 0. The molecule has 0 amide bonds. The number of hydrogen-bond acceptors (Lipinski definition) is 3. The lowest BCUT2D eigenvalue weighted by Crippen LogP contribution is -2.15. The molecule has 3 nitrogen and oxygen atoms in total. The number of aromatic nitrogens is 1. The number of nitrogens with two attached hydrogens (primary N) is 1. The number of nitrogens with zero attached hydrogens (tertiary/aromatic N) is 1. The van der Waals surface area contributed by atoms with Gasteiger partial charge in [0.25, 0.3) is 0 Å². The highest BCUT2D eigenvalue weighted by molar-refractivity contribution is 9.10.